The summed E-state index contributed by atoms with van der Waals surface area (Å²) in [6, 6.07) is 3.26. The van der Waals surface area contributed by atoms with E-state index in [1.807, 2.05) is 13.8 Å². The molecule has 1 saturated heterocycles. The van der Waals surface area contributed by atoms with E-state index in [2.05, 4.69) is 4.90 Å². The van der Waals surface area contributed by atoms with Crippen molar-refractivity contribution >= 4 is 11.0 Å². The van der Waals surface area contributed by atoms with Crippen LogP contribution in [-0.2, 0) is 24.1 Å². The molecule has 0 aliphatic carbocycles. The number of aryl methyl sites for hydroxylation is 1. The third kappa shape index (κ3) is 2.99. The van der Waals surface area contributed by atoms with Gasteiger partial charge in [-0.05, 0) is 18.6 Å². The third-order valence-corrected chi connectivity index (χ3v) is 4.48. The first-order valence-corrected chi connectivity index (χ1v) is 8.25. The molecule has 0 spiro atoms. The summed E-state index contributed by atoms with van der Waals surface area (Å²) in [4.78, 5) is 14.9. The number of morpholine rings is 1. The molecule has 23 heavy (non-hydrogen) atoms. The Morgan fingerprint density at radius 2 is 1.87 bits per heavy atom. The van der Waals surface area contributed by atoms with Crippen LogP contribution in [0.5, 0.6) is 5.75 Å². The van der Waals surface area contributed by atoms with E-state index in [1.54, 1.807) is 12.1 Å². The van der Waals surface area contributed by atoms with E-state index in [1.165, 1.54) is 0 Å². The lowest BCUT2D eigenvalue weighted by atomic mass is 10.0. The standard InChI is InChI=1S/C18H23NO4/c1-3-12-16(4-2)23-18-13(17(12)21)5-6-15(20)14(18)11-19-7-9-22-10-8-19/h5-6,20H,3-4,7-11H2,1-2H3. The Morgan fingerprint density at radius 3 is 2.52 bits per heavy atom. The third-order valence-electron chi connectivity index (χ3n) is 4.48. The molecule has 1 fully saturated rings. The zero-order valence-corrected chi connectivity index (χ0v) is 13.7. The highest BCUT2D eigenvalue weighted by molar-refractivity contribution is 5.82. The lowest BCUT2D eigenvalue weighted by Crippen LogP contribution is -2.35. The molecule has 1 N–H and O–H groups in total. The maximum Gasteiger partial charge on any atom is 0.196 e. The molecule has 0 unspecified atom stereocenters. The largest absolute Gasteiger partial charge is 0.507 e. The van der Waals surface area contributed by atoms with Gasteiger partial charge in [0.2, 0.25) is 0 Å². The van der Waals surface area contributed by atoms with Crippen molar-refractivity contribution < 1.29 is 14.3 Å². The normalized spacial score (nSPS) is 16.1. The number of fused-ring (bicyclic) bond motifs is 1. The lowest BCUT2D eigenvalue weighted by molar-refractivity contribution is 0.0339. The predicted octanol–water partition coefficient (Wildman–Crippen LogP) is 2.46. The summed E-state index contributed by atoms with van der Waals surface area (Å²) in [7, 11) is 0. The number of phenols is 1. The molecule has 0 bridgehead atoms. The second-order valence-electron chi connectivity index (χ2n) is 5.87. The van der Waals surface area contributed by atoms with Crippen LogP contribution in [0.2, 0.25) is 0 Å². The van der Waals surface area contributed by atoms with Crippen LogP contribution in [0.3, 0.4) is 0 Å². The van der Waals surface area contributed by atoms with Crippen molar-refractivity contribution in [3.8, 4) is 5.75 Å². The van der Waals surface area contributed by atoms with Crippen molar-refractivity contribution in [2.75, 3.05) is 26.3 Å². The molecular formula is C18H23NO4. The lowest BCUT2D eigenvalue weighted by Gasteiger charge is -2.27. The molecule has 3 rings (SSSR count). The summed E-state index contributed by atoms with van der Waals surface area (Å²) in [5, 5.41) is 10.9. The minimum absolute atomic E-state index is 0.0221. The van der Waals surface area contributed by atoms with Crippen molar-refractivity contribution in [2.24, 2.45) is 0 Å². The molecule has 1 aliphatic heterocycles. The molecule has 0 radical (unpaired) electrons. The summed E-state index contributed by atoms with van der Waals surface area (Å²) >= 11 is 0. The van der Waals surface area contributed by atoms with E-state index >= 15 is 0 Å². The Hall–Kier alpha value is -1.85. The second kappa shape index (κ2) is 6.72. The molecule has 2 aromatic rings. The number of benzene rings is 1. The van der Waals surface area contributed by atoms with Crippen molar-refractivity contribution in [1.29, 1.82) is 0 Å². The van der Waals surface area contributed by atoms with Crippen LogP contribution < -0.4 is 5.43 Å². The highest BCUT2D eigenvalue weighted by atomic mass is 16.5. The quantitative estimate of drug-likeness (QED) is 0.938. The molecule has 0 saturated carbocycles. The van der Waals surface area contributed by atoms with E-state index in [9.17, 15) is 9.90 Å². The Balaban J connectivity index is 2.14. The minimum atomic E-state index is 0.0221. The average Bonchev–Trinajstić information content (AvgIpc) is 2.58. The van der Waals surface area contributed by atoms with Gasteiger partial charge in [0.05, 0.1) is 24.2 Å². The Kier molecular flexibility index (Phi) is 4.68. The first-order valence-electron chi connectivity index (χ1n) is 8.25. The first kappa shape index (κ1) is 16.0. The molecule has 5 nitrogen and oxygen atoms in total. The molecule has 1 aliphatic rings. The molecule has 2 heterocycles. The number of hydrogen-bond acceptors (Lipinski definition) is 5. The summed E-state index contributed by atoms with van der Waals surface area (Å²) in [6.07, 6.45) is 1.32. The molecule has 0 amide bonds. The number of nitrogens with zero attached hydrogens (tertiary/aromatic N) is 1. The van der Waals surface area contributed by atoms with Crippen LogP contribution in [0.25, 0.3) is 11.0 Å². The Bertz CT molecular complexity index is 760. The second-order valence-corrected chi connectivity index (χ2v) is 5.87. The van der Waals surface area contributed by atoms with Crippen LogP contribution in [0.15, 0.2) is 21.3 Å². The summed E-state index contributed by atoms with van der Waals surface area (Å²) < 4.78 is 11.4. The van der Waals surface area contributed by atoms with Gasteiger partial charge in [-0.3, -0.25) is 9.69 Å². The summed E-state index contributed by atoms with van der Waals surface area (Å²) in [6.45, 7) is 7.51. The van der Waals surface area contributed by atoms with Gasteiger partial charge in [-0.1, -0.05) is 13.8 Å². The van der Waals surface area contributed by atoms with E-state index < -0.39 is 0 Å². The first-order chi connectivity index (χ1) is 11.2. The van der Waals surface area contributed by atoms with E-state index in [4.69, 9.17) is 9.15 Å². The van der Waals surface area contributed by atoms with Gasteiger partial charge in [0, 0.05) is 31.6 Å². The maximum atomic E-state index is 12.7. The van der Waals surface area contributed by atoms with Crippen LogP contribution in [0.1, 0.15) is 30.7 Å². The van der Waals surface area contributed by atoms with E-state index in [0.717, 1.165) is 24.4 Å². The minimum Gasteiger partial charge on any atom is -0.507 e. The predicted molar refractivity (Wildman–Crippen MR) is 89.0 cm³/mol. The van der Waals surface area contributed by atoms with Gasteiger partial charge in [0.25, 0.3) is 0 Å². The van der Waals surface area contributed by atoms with E-state index in [0.29, 0.717) is 49.1 Å². The Labute approximate surface area is 135 Å². The summed E-state index contributed by atoms with van der Waals surface area (Å²) in [5.41, 5.74) is 1.98. The van der Waals surface area contributed by atoms with Crippen molar-refractivity contribution in [1.82, 2.24) is 4.90 Å². The van der Waals surface area contributed by atoms with Crippen molar-refractivity contribution in [3.63, 3.8) is 0 Å². The molecule has 1 aromatic heterocycles. The molecule has 5 heteroatoms. The smallest absolute Gasteiger partial charge is 0.196 e. The zero-order chi connectivity index (χ0) is 16.4. The number of phenolic OH excluding ortho intramolecular Hbond substituents is 1. The van der Waals surface area contributed by atoms with Gasteiger partial charge < -0.3 is 14.3 Å². The monoisotopic (exact) mass is 317 g/mol. The van der Waals surface area contributed by atoms with Crippen LogP contribution in [-0.4, -0.2) is 36.3 Å². The maximum absolute atomic E-state index is 12.7. The number of ether oxygens (including phenoxy) is 1. The topological polar surface area (TPSA) is 62.9 Å². The zero-order valence-electron chi connectivity index (χ0n) is 13.7. The molecular weight excluding hydrogens is 294 g/mol. The van der Waals surface area contributed by atoms with Crippen LogP contribution in [0, 0.1) is 0 Å². The van der Waals surface area contributed by atoms with Crippen LogP contribution >= 0.6 is 0 Å². The highest BCUT2D eigenvalue weighted by Crippen LogP contribution is 2.29. The summed E-state index contributed by atoms with van der Waals surface area (Å²) in [5.74, 6) is 0.900. The number of rotatable bonds is 4. The SMILES string of the molecule is CCc1oc2c(CN3CCOCC3)c(O)ccc2c(=O)c1CC. The van der Waals surface area contributed by atoms with Gasteiger partial charge >= 0.3 is 0 Å². The number of aromatic hydroxyl groups is 1. The van der Waals surface area contributed by atoms with Gasteiger partial charge in [0.1, 0.15) is 17.1 Å². The Morgan fingerprint density at radius 1 is 1.13 bits per heavy atom. The van der Waals surface area contributed by atoms with Gasteiger partial charge in [-0.15, -0.1) is 0 Å². The fourth-order valence-corrected chi connectivity index (χ4v) is 3.17. The van der Waals surface area contributed by atoms with Gasteiger partial charge in [0.15, 0.2) is 5.43 Å². The van der Waals surface area contributed by atoms with Gasteiger partial charge in [-0.2, -0.15) is 0 Å². The average molecular weight is 317 g/mol. The fraction of sp³-hybridized carbons (Fsp3) is 0.500. The molecule has 0 atom stereocenters. The van der Waals surface area contributed by atoms with Crippen LogP contribution in [0.4, 0.5) is 0 Å². The van der Waals surface area contributed by atoms with Crippen molar-refractivity contribution in [2.45, 2.75) is 33.2 Å². The number of hydrogen-bond donors (Lipinski definition) is 1. The fourth-order valence-electron chi connectivity index (χ4n) is 3.17. The van der Waals surface area contributed by atoms with Crippen molar-refractivity contribution in [3.05, 3.63) is 39.2 Å². The molecule has 124 valence electrons. The molecule has 1 aromatic carbocycles. The van der Waals surface area contributed by atoms with E-state index in [-0.39, 0.29) is 11.2 Å². The van der Waals surface area contributed by atoms with Gasteiger partial charge in [-0.25, -0.2) is 0 Å². The highest BCUT2D eigenvalue weighted by Gasteiger charge is 2.20.